The lowest BCUT2D eigenvalue weighted by Gasteiger charge is -2.15. The molecule has 0 aliphatic carbocycles. The molecule has 1 aromatic rings. The molecule has 0 spiro atoms. The van der Waals surface area contributed by atoms with Gasteiger partial charge in [-0.3, -0.25) is 14.4 Å². The van der Waals surface area contributed by atoms with Gasteiger partial charge in [-0.15, -0.1) is 0 Å². The van der Waals surface area contributed by atoms with Crippen molar-refractivity contribution in [1.29, 1.82) is 0 Å². The number of carbonyl (C=O) groups excluding carboxylic acids is 3. The van der Waals surface area contributed by atoms with Crippen molar-refractivity contribution >= 4 is 23.4 Å². The van der Waals surface area contributed by atoms with E-state index in [-0.39, 0.29) is 43.3 Å². The highest BCUT2D eigenvalue weighted by atomic mass is 19.1. The summed E-state index contributed by atoms with van der Waals surface area (Å²) in [6.07, 6.45) is 2.30. The molecule has 0 aromatic heterocycles. The van der Waals surface area contributed by atoms with Gasteiger partial charge in [-0.05, 0) is 37.5 Å². The zero-order valence-electron chi connectivity index (χ0n) is 14.4. The van der Waals surface area contributed by atoms with Crippen molar-refractivity contribution in [3.63, 3.8) is 0 Å². The molecule has 25 heavy (non-hydrogen) atoms. The number of hydrogen-bond acceptors (Lipinski definition) is 3. The Labute approximate surface area is 146 Å². The Morgan fingerprint density at radius 3 is 2.48 bits per heavy atom. The molecule has 1 aliphatic rings. The fourth-order valence-electron chi connectivity index (χ4n) is 2.70. The first-order valence-electron chi connectivity index (χ1n) is 8.56. The first-order valence-corrected chi connectivity index (χ1v) is 8.56. The Morgan fingerprint density at radius 1 is 1.08 bits per heavy atom. The molecule has 1 aliphatic heterocycles. The van der Waals surface area contributed by atoms with Crippen LogP contribution in [-0.2, 0) is 14.4 Å². The highest BCUT2D eigenvalue weighted by Crippen LogP contribution is 2.16. The molecule has 0 unspecified atom stereocenters. The molecule has 2 rings (SSSR count). The molecule has 0 radical (unpaired) electrons. The Bertz CT molecular complexity index is 642. The van der Waals surface area contributed by atoms with Crippen LogP contribution in [0.5, 0.6) is 0 Å². The lowest BCUT2D eigenvalue weighted by Crippen LogP contribution is -2.32. The fourth-order valence-corrected chi connectivity index (χ4v) is 2.70. The summed E-state index contributed by atoms with van der Waals surface area (Å²) in [6, 6.07) is 4.44. The normalized spacial score (nSPS) is 13.6. The second kappa shape index (κ2) is 9.15. The van der Waals surface area contributed by atoms with Gasteiger partial charge in [-0.1, -0.05) is 6.07 Å². The van der Waals surface area contributed by atoms with E-state index < -0.39 is 11.7 Å². The van der Waals surface area contributed by atoms with Crippen LogP contribution in [0.1, 0.15) is 37.7 Å². The Balaban J connectivity index is 1.64. The van der Waals surface area contributed by atoms with E-state index in [1.807, 2.05) is 0 Å². The van der Waals surface area contributed by atoms with Gasteiger partial charge in [-0.2, -0.15) is 0 Å². The van der Waals surface area contributed by atoms with Crippen LogP contribution in [0.4, 0.5) is 10.1 Å². The minimum Gasteiger partial charge on any atom is -0.356 e. The largest absolute Gasteiger partial charge is 0.356 e. The van der Waals surface area contributed by atoms with Crippen LogP contribution in [0.3, 0.4) is 0 Å². The van der Waals surface area contributed by atoms with Gasteiger partial charge in [0.05, 0.1) is 5.69 Å². The zero-order chi connectivity index (χ0) is 18.2. The van der Waals surface area contributed by atoms with E-state index in [2.05, 4.69) is 10.6 Å². The van der Waals surface area contributed by atoms with Crippen LogP contribution in [0.2, 0.25) is 0 Å². The molecule has 0 saturated carbocycles. The number of rotatable bonds is 7. The number of anilines is 1. The minimum atomic E-state index is -0.510. The first kappa shape index (κ1) is 18.9. The van der Waals surface area contributed by atoms with Crippen LogP contribution in [0, 0.1) is 12.7 Å². The number of nitrogens with zero attached hydrogens (tertiary/aromatic N) is 1. The van der Waals surface area contributed by atoms with Crippen LogP contribution in [-0.4, -0.2) is 42.3 Å². The van der Waals surface area contributed by atoms with E-state index in [0.29, 0.717) is 0 Å². The second-order valence-corrected chi connectivity index (χ2v) is 6.22. The number of amides is 3. The molecule has 2 N–H and O–H groups in total. The smallest absolute Gasteiger partial charge is 0.224 e. The van der Waals surface area contributed by atoms with E-state index >= 15 is 0 Å². The number of halogens is 1. The maximum absolute atomic E-state index is 13.6. The van der Waals surface area contributed by atoms with Gasteiger partial charge in [0.25, 0.3) is 0 Å². The molecule has 6 nitrogen and oxygen atoms in total. The zero-order valence-corrected chi connectivity index (χ0v) is 14.4. The van der Waals surface area contributed by atoms with Crippen molar-refractivity contribution < 1.29 is 18.8 Å². The van der Waals surface area contributed by atoms with Crippen molar-refractivity contribution in [3.8, 4) is 0 Å². The van der Waals surface area contributed by atoms with Crippen LogP contribution in [0.15, 0.2) is 18.2 Å². The van der Waals surface area contributed by atoms with Gasteiger partial charge in [0.2, 0.25) is 17.7 Å². The van der Waals surface area contributed by atoms with E-state index in [1.165, 1.54) is 12.1 Å². The fraction of sp³-hybridized carbons (Fsp3) is 0.500. The topological polar surface area (TPSA) is 78.5 Å². The highest BCUT2D eigenvalue weighted by Gasteiger charge is 2.17. The molecule has 1 heterocycles. The monoisotopic (exact) mass is 349 g/mol. The third-order valence-electron chi connectivity index (χ3n) is 4.09. The van der Waals surface area contributed by atoms with Crippen LogP contribution in [0.25, 0.3) is 0 Å². The molecule has 1 aromatic carbocycles. The Kier molecular flexibility index (Phi) is 6.91. The molecule has 7 heteroatoms. The van der Waals surface area contributed by atoms with Crippen molar-refractivity contribution in [2.24, 2.45) is 0 Å². The van der Waals surface area contributed by atoms with Crippen LogP contribution >= 0.6 is 0 Å². The van der Waals surface area contributed by atoms with Gasteiger partial charge in [-0.25, -0.2) is 4.39 Å². The maximum atomic E-state index is 13.6. The lowest BCUT2D eigenvalue weighted by molar-refractivity contribution is -0.130. The average molecular weight is 349 g/mol. The van der Waals surface area contributed by atoms with E-state index in [1.54, 1.807) is 17.9 Å². The Morgan fingerprint density at radius 2 is 1.76 bits per heavy atom. The molecule has 1 fully saturated rings. The quantitative estimate of drug-likeness (QED) is 0.790. The van der Waals surface area contributed by atoms with Gasteiger partial charge in [0.15, 0.2) is 0 Å². The summed E-state index contributed by atoms with van der Waals surface area (Å²) in [7, 11) is 0. The van der Waals surface area contributed by atoms with Crippen LogP contribution < -0.4 is 10.6 Å². The molecule has 0 bridgehead atoms. The summed E-state index contributed by atoms with van der Waals surface area (Å²) in [5, 5.41) is 5.10. The lowest BCUT2D eigenvalue weighted by atomic mass is 10.2. The third kappa shape index (κ3) is 6.17. The summed E-state index contributed by atoms with van der Waals surface area (Å²) >= 11 is 0. The van der Waals surface area contributed by atoms with Crippen molar-refractivity contribution in [2.45, 2.75) is 39.0 Å². The van der Waals surface area contributed by atoms with Gasteiger partial charge >= 0.3 is 0 Å². The van der Waals surface area contributed by atoms with Gasteiger partial charge < -0.3 is 15.5 Å². The number of likely N-dealkylation sites (tertiary alicyclic amines) is 1. The van der Waals surface area contributed by atoms with Gasteiger partial charge in [0.1, 0.15) is 5.82 Å². The molecule has 3 amide bonds. The maximum Gasteiger partial charge on any atom is 0.224 e. The predicted molar refractivity (Wildman–Crippen MR) is 92.4 cm³/mol. The summed E-state index contributed by atoms with van der Waals surface area (Å²) in [4.78, 5) is 37.2. The van der Waals surface area contributed by atoms with E-state index in [9.17, 15) is 18.8 Å². The van der Waals surface area contributed by atoms with Crippen molar-refractivity contribution in [1.82, 2.24) is 10.2 Å². The standard InChI is InChI=1S/C18H24FN3O3/c1-13-4-5-14(19)15(12-13)21-17(24)7-6-16(23)20-9-8-18(25)22-10-2-3-11-22/h4-5,12H,2-3,6-11H2,1H3,(H,20,23)(H,21,24). The Hall–Kier alpha value is -2.44. The molecule has 136 valence electrons. The summed E-state index contributed by atoms with van der Waals surface area (Å²) in [5.74, 6) is -1.18. The molecule has 0 atom stereocenters. The summed E-state index contributed by atoms with van der Waals surface area (Å²) in [5.41, 5.74) is 0.943. The summed E-state index contributed by atoms with van der Waals surface area (Å²) < 4.78 is 13.6. The van der Waals surface area contributed by atoms with Crippen molar-refractivity contribution in [2.75, 3.05) is 25.0 Å². The predicted octanol–water partition coefficient (Wildman–Crippen LogP) is 1.98. The first-order chi connectivity index (χ1) is 12.0. The average Bonchev–Trinajstić information content (AvgIpc) is 3.11. The van der Waals surface area contributed by atoms with E-state index in [4.69, 9.17) is 0 Å². The van der Waals surface area contributed by atoms with Gasteiger partial charge in [0, 0.05) is 38.9 Å². The molecular weight excluding hydrogens is 325 g/mol. The number of nitrogens with one attached hydrogen (secondary N) is 2. The highest BCUT2D eigenvalue weighted by molar-refractivity contribution is 5.93. The minimum absolute atomic E-state index is 0.00280. The SMILES string of the molecule is Cc1ccc(F)c(NC(=O)CCC(=O)NCCC(=O)N2CCCC2)c1. The van der Waals surface area contributed by atoms with E-state index in [0.717, 1.165) is 31.5 Å². The number of aryl methyl sites for hydroxylation is 1. The number of benzene rings is 1. The summed E-state index contributed by atoms with van der Waals surface area (Å²) in [6.45, 7) is 3.65. The molecular formula is C18H24FN3O3. The number of hydrogen-bond donors (Lipinski definition) is 2. The third-order valence-corrected chi connectivity index (χ3v) is 4.09. The second-order valence-electron chi connectivity index (χ2n) is 6.22. The van der Waals surface area contributed by atoms with Crippen molar-refractivity contribution in [3.05, 3.63) is 29.6 Å². The number of carbonyl (C=O) groups is 3. The molecule has 1 saturated heterocycles.